The first-order valence-electron chi connectivity index (χ1n) is 4.67. The average Bonchev–Trinajstić information content (AvgIpc) is 2.82. The Hall–Kier alpha value is -0.823. The van der Waals surface area contributed by atoms with Gasteiger partial charge in [0.1, 0.15) is 6.33 Å². The standard InChI is InChI=1S/C10H11N2O3P.Li/c13-16(14,12-7-6-11-9-12)15-8-10-4-2-1-3-5-10;/h1-7,9H,8H2,(H,13,14);/q;+1/p-1. The van der Waals surface area contributed by atoms with Crippen molar-refractivity contribution in [3.05, 3.63) is 54.6 Å². The molecule has 2 rings (SSSR count). The fourth-order valence-electron chi connectivity index (χ4n) is 1.19. The summed E-state index contributed by atoms with van der Waals surface area (Å²) in [4.78, 5) is 15.2. The molecule has 7 heteroatoms. The van der Waals surface area contributed by atoms with E-state index in [2.05, 4.69) is 4.98 Å². The number of imidazole rings is 1. The molecule has 17 heavy (non-hydrogen) atoms. The Morgan fingerprint density at radius 3 is 2.65 bits per heavy atom. The van der Waals surface area contributed by atoms with Gasteiger partial charge in [-0.2, -0.15) is 0 Å². The minimum absolute atomic E-state index is 0. The molecule has 0 aliphatic heterocycles. The number of benzene rings is 1. The van der Waals surface area contributed by atoms with Gasteiger partial charge in [-0.15, -0.1) is 0 Å². The number of aromatic nitrogens is 2. The summed E-state index contributed by atoms with van der Waals surface area (Å²) in [6.45, 7) is 0.0276. The average molecular weight is 244 g/mol. The van der Waals surface area contributed by atoms with Crippen LogP contribution in [-0.2, 0) is 15.7 Å². The van der Waals surface area contributed by atoms with E-state index in [0.717, 1.165) is 9.90 Å². The van der Waals surface area contributed by atoms with Crippen LogP contribution in [-0.4, -0.2) is 9.32 Å². The van der Waals surface area contributed by atoms with Crippen LogP contribution in [0.25, 0.3) is 0 Å². The van der Waals surface area contributed by atoms with E-state index in [4.69, 9.17) is 4.52 Å². The maximum Gasteiger partial charge on any atom is 1.00 e. The third-order valence-corrected chi connectivity index (χ3v) is 3.27. The van der Waals surface area contributed by atoms with E-state index >= 15 is 0 Å². The van der Waals surface area contributed by atoms with Gasteiger partial charge in [0, 0.05) is 12.4 Å². The second-order valence-electron chi connectivity index (χ2n) is 3.17. The Kier molecular flexibility index (Phi) is 5.20. The van der Waals surface area contributed by atoms with E-state index in [1.165, 1.54) is 18.7 Å². The van der Waals surface area contributed by atoms with Crippen molar-refractivity contribution in [1.29, 1.82) is 0 Å². The molecule has 2 aromatic rings. The third kappa shape index (κ3) is 3.85. The largest absolute Gasteiger partial charge is 1.00 e. The van der Waals surface area contributed by atoms with Crippen LogP contribution in [0.2, 0.25) is 0 Å². The molecule has 1 atom stereocenters. The maximum absolute atomic E-state index is 11.6. The van der Waals surface area contributed by atoms with Gasteiger partial charge in [-0.25, -0.2) is 4.98 Å². The zero-order valence-electron chi connectivity index (χ0n) is 9.39. The van der Waals surface area contributed by atoms with Crippen molar-refractivity contribution in [2.75, 3.05) is 0 Å². The summed E-state index contributed by atoms with van der Waals surface area (Å²) in [7, 11) is -4.06. The summed E-state index contributed by atoms with van der Waals surface area (Å²) in [6, 6.07) is 9.11. The van der Waals surface area contributed by atoms with E-state index in [9.17, 15) is 9.46 Å². The predicted molar refractivity (Wildman–Crippen MR) is 56.5 cm³/mol. The molecule has 0 bridgehead atoms. The van der Waals surface area contributed by atoms with Crippen molar-refractivity contribution >= 4 is 7.75 Å². The van der Waals surface area contributed by atoms with Crippen molar-refractivity contribution in [1.82, 2.24) is 9.32 Å². The zero-order chi connectivity index (χ0) is 11.4. The molecule has 1 aromatic heterocycles. The minimum atomic E-state index is -4.06. The van der Waals surface area contributed by atoms with E-state index in [-0.39, 0.29) is 25.5 Å². The van der Waals surface area contributed by atoms with Crippen LogP contribution >= 0.6 is 7.75 Å². The molecular formula is C10H10LiN2O3P. The molecule has 0 aliphatic carbocycles. The molecular weight excluding hydrogens is 234 g/mol. The first-order valence-corrected chi connectivity index (χ1v) is 6.16. The summed E-state index contributed by atoms with van der Waals surface area (Å²) in [5.41, 5.74) is 0.804. The molecule has 0 saturated carbocycles. The molecule has 0 N–H and O–H groups in total. The van der Waals surface area contributed by atoms with Crippen molar-refractivity contribution < 1.29 is 32.8 Å². The van der Waals surface area contributed by atoms with Crippen molar-refractivity contribution in [2.45, 2.75) is 6.61 Å². The Balaban J connectivity index is 0.00000144. The van der Waals surface area contributed by atoms with Crippen LogP contribution in [0.5, 0.6) is 0 Å². The van der Waals surface area contributed by atoms with Crippen molar-refractivity contribution in [3.8, 4) is 0 Å². The summed E-state index contributed by atoms with van der Waals surface area (Å²) in [5.74, 6) is 0. The topological polar surface area (TPSA) is 67.2 Å². The van der Waals surface area contributed by atoms with Gasteiger partial charge in [0.15, 0.2) is 0 Å². The SMILES string of the molecule is O=P([O-])(OCc1ccccc1)n1ccnc1.[Li+]. The minimum Gasteiger partial charge on any atom is -0.761 e. The van der Waals surface area contributed by atoms with Gasteiger partial charge in [0.25, 0.3) is 0 Å². The number of rotatable bonds is 4. The van der Waals surface area contributed by atoms with E-state index < -0.39 is 7.75 Å². The Morgan fingerprint density at radius 1 is 1.35 bits per heavy atom. The van der Waals surface area contributed by atoms with Gasteiger partial charge in [0.2, 0.25) is 7.75 Å². The van der Waals surface area contributed by atoms with Gasteiger partial charge in [-0.1, -0.05) is 30.3 Å². The summed E-state index contributed by atoms with van der Waals surface area (Å²) >= 11 is 0. The summed E-state index contributed by atoms with van der Waals surface area (Å²) in [6.07, 6.45) is 3.91. The van der Waals surface area contributed by atoms with Gasteiger partial charge < -0.3 is 9.42 Å². The predicted octanol–water partition coefficient (Wildman–Crippen LogP) is -1.58. The van der Waals surface area contributed by atoms with Crippen molar-refractivity contribution in [2.24, 2.45) is 0 Å². The summed E-state index contributed by atoms with van der Waals surface area (Å²) in [5, 5.41) is 0. The van der Waals surface area contributed by atoms with Crippen LogP contribution in [0.4, 0.5) is 0 Å². The molecule has 0 saturated heterocycles. The van der Waals surface area contributed by atoms with Crippen LogP contribution in [0, 0.1) is 0 Å². The van der Waals surface area contributed by atoms with E-state index in [1.807, 2.05) is 18.2 Å². The molecule has 0 radical (unpaired) electrons. The molecule has 1 aromatic carbocycles. The smallest absolute Gasteiger partial charge is 0.761 e. The van der Waals surface area contributed by atoms with Crippen molar-refractivity contribution in [3.63, 3.8) is 0 Å². The Labute approximate surface area is 111 Å². The van der Waals surface area contributed by atoms with Crippen LogP contribution in [0.3, 0.4) is 0 Å². The van der Waals surface area contributed by atoms with Crippen LogP contribution in [0.1, 0.15) is 5.56 Å². The second-order valence-corrected chi connectivity index (χ2v) is 4.83. The monoisotopic (exact) mass is 244 g/mol. The van der Waals surface area contributed by atoms with Gasteiger partial charge in [-0.05, 0) is 5.56 Å². The second kappa shape index (κ2) is 6.20. The van der Waals surface area contributed by atoms with E-state index in [0.29, 0.717) is 0 Å². The molecule has 0 spiro atoms. The maximum atomic E-state index is 11.6. The first kappa shape index (κ1) is 14.2. The van der Waals surface area contributed by atoms with Crippen LogP contribution < -0.4 is 23.8 Å². The van der Waals surface area contributed by atoms with E-state index in [1.54, 1.807) is 12.1 Å². The normalized spacial score (nSPS) is 13.7. The fourth-order valence-corrected chi connectivity index (χ4v) is 2.05. The van der Waals surface area contributed by atoms with Gasteiger partial charge in [0.05, 0.1) is 6.61 Å². The first-order chi connectivity index (χ1) is 7.68. The number of nitrogens with zero attached hydrogens (tertiary/aromatic N) is 2. The number of hydrogen-bond donors (Lipinski definition) is 0. The van der Waals surface area contributed by atoms with Gasteiger partial charge >= 0.3 is 18.9 Å². The molecule has 0 amide bonds. The Morgan fingerprint density at radius 2 is 2.06 bits per heavy atom. The molecule has 1 heterocycles. The molecule has 0 aliphatic rings. The molecule has 5 nitrogen and oxygen atoms in total. The molecule has 1 unspecified atom stereocenters. The third-order valence-electron chi connectivity index (χ3n) is 2.01. The number of hydrogen-bond acceptors (Lipinski definition) is 4. The Bertz CT molecular complexity index is 490. The quantitative estimate of drug-likeness (QED) is 0.481. The van der Waals surface area contributed by atoms with Gasteiger partial charge in [-0.3, -0.25) is 8.90 Å². The molecule has 84 valence electrons. The molecule has 0 fully saturated rings. The summed E-state index contributed by atoms with van der Waals surface area (Å²) < 4.78 is 17.4. The fraction of sp³-hybridized carbons (Fsp3) is 0.100. The zero-order valence-corrected chi connectivity index (χ0v) is 10.3. The van der Waals surface area contributed by atoms with Crippen LogP contribution in [0.15, 0.2) is 49.1 Å².